The first kappa shape index (κ1) is 25.0. The van der Waals surface area contributed by atoms with E-state index in [0.29, 0.717) is 12.1 Å². The van der Waals surface area contributed by atoms with Gasteiger partial charge in [0, 0.05) is 4.47 Å². The Morgan fingerprint density at radius 1 is 0.970 bits per heavy atom. The maximum absolute atomic E-state index is 13.5. The third-order valence-corrected chi connectivity index (χ3v) is 7.95. The summed E-state index contributed by atoms with van der Waals surface area (Å²) in [6.45, 7) is 7.65. The Balaban J connectivity index is 1.91. The molecular weight excluding hydrogens is 500 g/mol. The molecule has 0 heterocycles. The minimum atomic E-state index is -3.95. The quantitative estimate of drug-likeness (QED) is 0.399. The van der Waals surface area contributed by atoms with Gasteiger partial charge in [-0.05, 0) is 74.2 Å². The van der Waals surface area contributed by atoms with Crippen LogP contribution in [0.5, 0.6) is 0 Å². The number of halogens is 1. The molecule has 5 nitrogen and oxygen atoms in total. The molecule has 0 aliphatic rings. The van der Waals surface area contributed by atoms with Gasteiger partial charge in [0.1, 0.15) is 6.54 Å². The highest BCUT2D eigenvalue weighted by Crippen LogP contribution is 2.27. The molecule has 7 heteroatoms. The van der Waals surface area contributed by atoms with Crippen molar-refractivity contribution in [3.05, 3.63) is 93.5 Å². The summed E-state index contributed by atoms with van der Waals surface area (Å²) in [7, 11) is -3.95. The standard InChI is InChI=1S/C26H29BrN2O3S/c1-5-25(21-12-11-19(3)20(4)15-21)28-26(30)17-29(23-8-6-7-22(27)16-23)33(31,32)24-13-9-18(2)10-14-24/h6-16,25H,5,17H2,1-4H3,(H,28,30). The zero-order valence-corrected chi connectivity index (χ0v) is 21.7. The Hall–Kier alpha value is -2.64. The number of benzene rings is 3. The number of rotatable bonds is 8. The summed E-state index contributed by atoms with van der Waals surface area (Å²) in [5.41, 5.74) is 4.71. The lowest BCUT2D eigenvalue weighted by Gasteiger charge is -2.26. The number of carbonyl (C=O) groups is 1. The van der Waals surface area contributed by atoms with Crippen molar-refractivity contribution < 1.29 is 13.2 Å². The van der Waals surface area contributed by atoms with Crippen LogP contribution in [0.15, 0.2) is 76.1 Å². The smallest absolute Gasteiger partial charge is 0.264 e. The molecule has 1 atom stereocenters. The molecule has 0 bridgehead atoms. The summed E-state index contributed by atoms with van der Waals surface area (Å²) in [4.78, 5) is 13.3. The molecule has 3 aromatic rings. The molecule has 3 rings (SSSR count). The summed E-state index contributed by atoms with van der Waals surface area (Å²) in [6.07, 6.45) is 0.690. The Morgan fingerprint density at radius 2 is 1.67 bits per heavy atom. The van der Waals surface area contributed by atoms with Crippen molar-refractivity contribution in [3.63, 3.8) is 0 Å². The summed E-state index contributed by atoms with van der Waals surface area (Å²) in [6, 6.07) is 19.5. The van der Waals surface area contributed by atoms with Crippen LogP contribution in [0, 0.1) is 20.8 Å². The van der Waals surface area contributed by atoms with Gasteiger partial charge >= 0.3 is 0 Å². The van der Waals surface area contributed by atoms with Gasteiger partial charge in [-0.25, -0.2) is 8.42 Å². The average Bonchev–Trinajstić information content (AvgIpc) is 2.78. The Labute approximate surface area is 205 Å². The van der Waals surface area contributed by atoms with E-state index < -0.39 is 10.0 Å². The van der Waals surface area contributed by atoms with Crippen LogP contribution in [0.2, 0.25) is 0 Å². The van der Waals surface area contributed by atoms with Crippen LogP contribution in [0.25, 0.3) is 0 Å². The molecule has 0 saturated heterocycles. The van der Waals surface area contributed by atoms with Crippen LogP contribution in [-0.4, -0.2) is 20.9 Å². The number of anilines is 1. The lowest BCUT2D eigenvalue weighted by molar-refractivity contribution is -0.120. The van der Waals surface area contributed by atoms with E-state index in [2.05, 4.69) is 27.3 Å². The van der Waals surface area contributed by atoms with E-state index in [-0.39, 0.29) is 23.4 Å². The van der Waals surface area contributed by atoms with Gasteiger partial charge in [-0.15, -0.1) is 0 Å². The summed E-state index contributed by atoms with van der Waals surface area (Å²) >= 11 is 3.40. The van der Waals surface area contributed by atoms with Crippen molar-refractivity contribution in [1.29, 1.82) is 0 Å². The molecule has 1 amide bonds. The first-order valence-electron chi connectivity index (χ1n) is 10.8. The van der Waals surface area contributed by atoms with Crippen molar-refractivity contribution >= 4 is 37.5 Å². The largest absolute Gasteiger partial charge is 0.348 e. The number of sulfonamides is 1. The number of aryl methyl sites for hydroxylation is 3. The SMILES string of the molecule is CCC(NC(=O)CN(c1cccc(Br)c1)S(=O)(=O)c1ccc(C)cc1)c1ccc(C)c(C)c1. The second-order valence-electron chi connectivity index (χ2n) is 8.18. The molecule has 0 radical (unpaired) electrons. The van der Waals surface area contributed by atoms with Crippen molar-refractivity contribution in [2.24, 2.45) is 0 Å². The third-order valence-electron chi connectivity index (χ3n) is 5.67. The van der Waals surface area contributed by atoms with Crippen LogP contribution < -0.4 is 9.62 Å². The lowest BCUT2D eigenvalue weighted by atomic mass is 9.99. The molecule has 0 aliphatic heterocycles. The fraction of sp³-hybridized carbons (Fsp3) is 0.269. The van der Waals surface area contributed by atoms with Gasteiger partial charge in [-0.3, -0.25) is 9.10 Å². The Morgan fingerprint density at radius 3 is 2.27 bits per heavy atom. The highest BCUT2D eigenvalue weighted by atomic mass is 79.9. The number of nitrogens with zero attached hydrogens (tertiary/aromatic N) is 1. The monoisotopic (exact) mass is 528 g/mol. The molecule has 0 spiro atoms. The molecule has 0 saturated carbocycles. The number of amides is 1. The number of hydrogen-bond donors (Lipinski definition) is 1. The predicted octanol–water partition coefficient (Wildman–Crippen LogP) is 5.84. The molecular formula is C26H29BrN2O3S. The number of hydrogen-bond acceptors (Lipinski definition) is 3. The van der Waals surface area contributed by atoms with E-state index in [1.165, 1.54) is 5.56 Å². The normalized spacial score (nSPS) is 12.3. The van der Waals surface area contributed by atoms with E-state index in [1.54, 1.807) is 42.5 Å². The van der Waals surface area contributed by atoms with Crippen LogP contribution in [-0.2, 0) is 14.8 Å². The Bertz CT molecular complexity index is 1240. The molecule has 174 valence electrons. The second kappa shape index (κ2) is 10.5. The Kier molecular flexibility index (Phi) is 7.97. The highest BCUT2D eigenvalue weighted by Gasteiger charge is 2.28. The van der Waals surface area contributed by atoms with Gasteiger partial charge in [0.05, 0.1) is 16.6 Å². The fourth-order valence-corrected chi connectivity index (χ4v) is 5.36. The first-order chi connectivity index (χ1) is 15.6. The van der Waals surface area contributed by atoms with Crippen LogP contribution >= 0.6 is 15.9 Å². The van der Waals surface area contributed by atoms with Crippen molar-refractivity contribution in [1.82, 2.24) is 5.32 Å². The zero-order chi connectivity index (χ0) is 24.2. The van der Waals surface area contributed by atoms with Crippen LogP contribution in [0.4, 0.5) is 5.69 Å². The average molecular weight is 530 g/mol. The molecule has 33 heavy (non-hydrogen) atoms. The fourth-order valence-electron chi connectivity index (χ4n) is 3.56. The molecule has 1 unspecified atom stereocenters. The van der Waals surface area contributed by atoms with E-state index in [0.717, 1.165) is 25.5 Å². The van der Waals surface area contributed by atoms with Crippen molar-refractivity contribution in [2.45, 2.75) is 45.1 Å². The number of carbonyl (C=O) groups excluding carboxylic acids is 1. The minimum Gasteiger partial charge on any atom is -0.348 e. The lowest BCUT2D eigenvalue weighted by Crippen LogP contribution is -2.42. The minimum absolute atomic E-state index is 0.141. The first-order valence-corrected chi connectivity index (χ1v) is 13.1. The third kappa shape index (κ3) is 6.03. The zero-order valence-electron chi connectivity index (χ0n) is 19.3. The molecule has 1 N–H and O–H groups in total. The van der Waals surface area contributed by atoms with Gasteiger partial charge in [-0.1, -0.05) is 64.8 Å². The summed E-state index contributed by atoms with van der Waals surface area (Å²) in [5, 5.41) is 3.02. The number of nitrogens with one attached hydrogen (secondary N) is 1. The van der Waals surface area contributed by atoms with Gasteiger partial charge in [0.25, 0.3) is 10.0 Å². The molecule has 0 aliphatic carbocycles. The van der Waals surface area contributed by atoms with E-state index in [4.69, 9.17) is 0 Å². The molecule has 0 aromatic heterocycles. The van der Waals surface area contributed by atoms with E-state index in [9.17, 15) is 13.2 Å². The van der Waals surface area contributed by atoms with Gasteiger partial charge in [0.15, 0.2) is 0 Å². The van der Waals surface area contributed by atoms with Gasteiger partial charge in [0.2, 0.25) is 5.91 Å². The van der Waals surface area contributed by atoms with Gasteiger partial charge in [-0.2, -0.15) is 0 Å². The van der Waals surface area contributed by atoms with E-state index in [1.807, 2.05) is 45.9 Å². The maximum atomic E-state index is 13.5. The molecule has 3 aromatic carbocycles. The topological polar surface area (TPSA) is 66.5 Å². The highest BCUT2D eigenvalue weighted by molar-refractivity contribution is 9.10. The predicted molar refractivity (Wildman–Crippen MR) is 137 cm³/mol. The van der Waals surface area contributed by atoms with Crippen LogP contribution in [0.1, 0.15) is 41.6 Å². The van der Waals surface area contributed by atoms with Crippen LogP contribution in [0.3, 0.4) is 0 Å². The van der Waals surface area contributed by atoms with Crippen molar-refractivity contribution in [3.8, 4) is 0 Å². The maximum Gasteiger partial charge on any atom is 0.264 e. The van der Waals surface area contributed by atoms with Gasteiger partial charge < -0.3 is 5.32 Å². The summed E-state index contributed by atoms with van der Waals surface area (Å²) < 4.78 is 28.9. The molecule has 0 fully saturated rings. The second-order valence-corrected chi connectivity index (χ2v) is 11.0. The van der Waals surface area contributed by atoms with Crippen molar-refractivity contribution in [2.75, 3.05) is 10.8 Å². The van der Waals surface area contributed by atoms with E-state index >= 15 is 0 Å². The summed E-state index contributed by atoms with van der Waals surface area (Å²) in [5.74, 6) is -0.365.